The first-order chi connectivity index (χ1) is 9.70. The van der Waals surface area contributed by atoms with Crippen LogP contribution in [0.2, 0.25) is 0 Å². The Morgan fingerprint density at radius 1 is 1.35 bits per heavy atom. The van der Waals surface area contributed by atoms with Crippen molar-refractivity contribution in [1.29, 1.82) is 0 Å². The van der Waals surface area contributed by atoms with Gasteiger partial charge in [0, 0.05) is 5.56 Å². The van der Waals surface area contributed by atoms with E-state index >= 15 is 0 Å². The summed E-state index contributed by atoms with van der Waals surface area (Å²) in [5, 5.41) is 2.79. The van der Waals surface area contributed by atoms with E-state index in [9.17, 15) is 9.18 Å². The van der Waals surface area contributed by atoms with E-state index in [1.807, 2.05) is 0 Å². The monoisotopic (exact) mass is 276 g/mol. The van der Waals surface area contributed by atoms with Crippen LogP contribution in [0.4, 0.5) is 4.39 Å². The van der Waals surface area contributed by atoms with Gasteiger partial charge >= 0.3 is 0 Å². The van der Waals surface area contributed by atoms with Gasteiger partial charge in [-0.25, -0.2) is 9.37 Å². The molecule has 1 aliphatic heterocycles. The molecule has 1 atom stereocenters. The Kier molecular flexibility index (Phi) is 3.47. The molecule has 0 radical (unpaired) electrons. The zero-order valence-corrected chi connectivity index (χ0v) is 10.9. The number of aromatic nitrogens is 1. The third-order valence-corrected chi connectivity index (χ3v) is 3.29. The van der Waals surface area contributed by atoms with Gasteiger partial charge in [-0.2, -0.15) is 0 Å². The molecule has 5 nitrogen and oxygen atoms in total. The van der Waals surface area contributed by atoms with Crippen LogP contribution < -0.4 is 10.2 Å². The number of benzene rings is 1. The summed E-state index contributed by atoms with van der Waals surface area (Å²) in [6.45, 7) is 2.56. The van der Waals surface area contributed by atoms with E-state index in [0.29, 0.717) is 31.3 Å². The van der Waals surface area contributed by atoms with Gasteiger partial charge in [-0.1, -0.05) is 0 Å². The summed E-state index contributed by atoms with van der Waals surface area (Å²) in [5.41, 5.74) is 0.788. The predicted molar refractivity (Wildman–Crippen MR) is 69.3 cm³/mol. The third kappa shape index (κ3) is 2.85. The van der Waals surface area contributed by atoms with E-state index in [1.54, 1.807) is 18.3 Å². The second kappa shape index (κ2) is 5.42. The van der Waals surface area contributed by atoms with Crippen molar-refractivity contribution in [2.24, 2.45) is 0 Å². The number of halogens is 1. The minimum absolute atomic E-state index is 0.0524. The van der Waals surface area contributed by atoms with Gasteiger partial charge in [-0.3, -0.25) is 4.79 Å². The average Bonchev–Trinajstić information content (AvgIpc) is 2.88. The van der Waals surface area contributed by atoms with Crippen molar-refractivity contribution in [3.8, 4) is 11.3 Å². The lowest BCUT2D eigenvalue weighted by atomic mass is 10.2. The fraction of sp³-hybridized carbons (Fsp3) is 0.286. The van der Waals surface area contributed by atoms with Gasteiger partial charge in [0.1, 0.15) is 5.82 Å². The molecule has 1 fully saturated rings. The molecule has 3 rings (SSSR count). The number of oxazole rings is 1. The first-order valence-corrected chi connectivity index (χ1v) is 6.51. The highest BCUT2D eigenvalue weighted by Gasteiger charge is 2.21. The SMILES string of the molecule is O=C1C[NH+](Cc2ncc(-c3ccc(F)cc3)o2)CCN1. The number of hydrogen-bond acceptors (Lipinski definition) is 3. The largest absolute Gasteiger partial charge is 0.435 e. The maximum Gasteiger partial charge on any atom is 0.275 e. The molecule has 1 aromatic heterocycles. The van der Waals surface area contributed by atoms with E-state index in [1.165, 1.54) is 12.1 Å². The van der Waals surface area contributed by atoms with Crippen molar-refractivity contribution in [1.82, 2.24) is 10.3 Å². The third-order valence-electron chi connectivity index (χ3n) is 3.29. The van der Waals surface area contributed by atoms with E-state index in [4.69, 9.17) is 4.42 Å². The fourth-order valence-corrected chi connectivity index (χ4v) is 2.26. The maximum atomic E-state index is 12.9. The number of piperazine rings is 1. The van der Waals surface area contributed by atoms with E-state index in [0.717, 1.165) is 17.0 Å². The van der Waals surface area contributed by atoms with E-state index in [2.05, 4.69) is 10.3 Å². The molecule has 0 aliphatic carbocycles. The smallest absolute Gasteiger partial charge is 0.275 e. The highest BCUT2D eigenvalue weighted by Crippen LogP contribution is 2.20. The summed E-state index contributed by atoms with van der Waals surface area (Å²) >= 11 is 0. The van der Waals surface area contributed by atoms with Crippen LogP contribution in [-0.2, 0) is 11.3 Å². The van der Waals surface area contributed by atoms with Crippen LogP contribution in [0.25, 0.3) is 11.3 Å². The highest BCUT2D eigenvalue weighted by molar-refractivity contribution is 5.77. The molecule has 20 heavy (non-hydrogen) atoms. The number of hydrogen-bond donors (Lipinski definition) is 2. The second-order valence-corrected chi connectivity index (χ2v) is 4.83. The molecule has 104 valence electrons. The summed E-state index contributed by atoms with van der Waals surface area (Å²) in [7, 11) is 0. The van der Waals surface area contributed by atoms with Gasteiger partial charge in [0.25, 0.3) is 11.8 Å². The van der Waals surface area contributed by atoms with Gasteiger partial charge < -0.3 is 14.6 Å². The number of carbonyl (C=O) groups excluding carboxylic acids is 1. The molecule has 2 aromatic rings. The van der Waals surface area contributed by atoms with Gasteiger partial charge in [0.05, 0.1) is 19.3 Å². The van der Waals surface area contributed by atoms with Crippen LogP contribution in [0, 0.1) is 5.82 Å². The first kappa shape index (κ1) is 12.8. The molecule has 1 aliphatic rings. The van der Waals surface area contributed by atoms with Crippen molar-refractivity contribution in [3.05, 3.63) is 42.2 Å². The van der Waals surface area contributed by atoms with Crippen LogP contribution in [0.1, 0.15) is 5.89 Å². The molecule has 2 heterocycles. The maximum absolute atomic E-state index is 12.9. The molecule has 0 spiro atoms. The Morgan fingerprint density at radius 2 is 2.15 bits per heavy atom. The minimum Gasteiger partial charge on any atom is -0.435 e. The van der Waals surface area contributed by atoms with Crippen LogP contribution in [0.15, 0.2) is 34.9 Å². The zero-order chi connectivity index (χ0) is 13.9. The number of quaternary nitrogens is 1. The van der Waals surface area contributed by atoms with Gasteiger partial charge in [-0.05, 0) is 24.3 Å². The molecule has 1 saturated heterocycles. The Labute approximate surface area is 115 Å². The lowest BCUT2D eigenvalue weighted by molar-refractivity contribution is -0.908. The number of nitrogens with zero attached hydrogens (tertiary/aromatic N) is 1. The van der Waals surface area contributed by atoms with Gasteiger partial charge in [0.2, 0.25) is 0 Å². The molecule has 1 amide bonds. The Balaban J connectivity index is 1.70. The van der Waals surface area contributed by atoms with Crippen molar-refractivity contribution in [3.63, 3.8) is 0 Å². The first-order valence-electron chi connectivity index (χ1n) is 6.51. The summed E-state index contributed by atoms with van der Waals surface area (Å²) in [6.07, 6.45) is 1.63. The second-order valence-electron chi connectivity index (χ2n) is 4.83. The fourth-order valence-electron chi connectivity index (χ4n) is 2.26. The normalized spacial score (nSPS) is 18.9. The Morgan fingerprint density at radius 3 is 2.90 bits per heavy atom. The summed E-state index contributed by atoms with van der Waals surface area (Å²) in [4.78, 5) is 16.7. The highest BCUT2D eigenvalue weighted by atomic mass is 19.1. The molecule has 1 unspecified atom stereocenters. The van der Waals surface area contributed by atoms with Crippen molar-refractivity contribution >= 4 is 5.91 Å². The van der Waals surface area contributed by atoms with Crippen LogP contribution in [-0.4, -0.2) is 30.5 Å². The molecule has 6 heteroatoms. The Hall–Kier alpha value is -2.21. The topological polar surface area (TPSA) is 59.6 Å². The summed E-state index contributed by atoms with van der Waals surface area (Å²) in [5.74, 6) is 0.976. The Bertz CT molecular complexity index is 609. The number of rotatable bonds is 3. The minimum atomic E-state index is -0.280. The molecule has 0 bridgehead atoms. The van der Waals surface area contributed by atoms with Gasteiger partial charge in [-0.15, -0.1) is 0 Å². The molecule has 2 N–H and O–H groups in total. The summed E-state index contributed by atoms with van der Waals surface area (Å²) < 4.78 is 18.5. The van der Waals surface area contributed by atoms with Crippen LogP contribution in [0.3, 0.4) is 0 Å². The van der Waals surface area contributed by atoms with Crippen LogP contribution in [0.5, 0.6) is 0 Å². The molecule has 0 saturated carbocycles. The number of amides is 1. The van der Waals surface area contributed by atoms with E-state index < -0.39 is 0 Å². The average molecular weight is 276 g/mol. The standard InChI is InChI=1S/C14H14FN3O2/c15-11-3-1-10(2-4-11)12-7-17-14(20-12)9-18-6-5-16-13(19)8-18/h1-4,7H,5-6,8-9H2,(H,16,19)/p+1. The van der Waals surface area contributed by atoms with Crippen LogP contribution >= 0.6 is 0 Å². The van der Waals surface area contributed by atoms with Crippen molar-refractivity contribution in [2.45, 2.75) is 6.54 Å². The van der Waals surface area contributed by atoms with Crippen molar-refractivity contribution < 1.29 is 18.5 Å². The van der Waals surface area contributed by atoms with E-state index in [-0.39, 0.29) is 11.7 Å². The summed E-state index contributed by atoms with van der Waals surface area (Å²) in [6, 6.07) is 6.08. The van der Waals surface area contributed by atoms with Crippen molar-refractivity contribution in [2.75, 3.05) is 19.6 Å². The molecular weight excluding hydrogens is 261 g/mol. The lowest BCUT2D eigenvalue weighted by Crippen LogP contribution is -3.14. The quantitative estimate of drug-likeness (QED) is 0.829. The predicted octanol–water partition coefficient (Wildman–Crippen LogP) is -0.00460. The number of nitrogens with one attached hydrogen (secondary N) is 2. The number of carbonyl (C=O) groups is 1. The zero-order valence-electron chi connectivity index (χ0n) is 10.9. The molecular formula is C14H15FN3O2+. The lowest BCUT2D eigenvalue weighted by Gasteiger charge is -2.22. The molecule has 1 aromatic carbocycles. The van der Waals surface area contributed by atoms with Gasteiger partial charge in [0.15, 0.2) is 18.8 Å².